The van der Waals surface area contributed by atoms with Crippen LogP contribution in [-0.4, -0.2) is 52.7 Å². The smallest absolute Gasteiger partial charge is 0.214 e. The molecule has 2 fully saturated rings. The van der Waals surface area contributed by atoms with Gasteiger partial charge >= 0.3 is 0 Å². The molecule has 2 aliphatic heterocycles. The quantitative estimate of drug-likeness (QED) is 0.714. The monoisotopic (exact) mass is 296 g/mol. The summed E-state index contributed by atoms with van der Waals surface area (Å²) in [5, 5.41) is 2.60. The van der Waals surface area contributed by atoms with E-state index in [-0.39, 0.29) is 30.4 Å². The molecule has 1 atom stereocenters. The van der Waals surface area contributed by atoms with E-state index in [0.29, 0.717) is 6.54 Å². The zero-order valence-electron chi connectivity index (χ0n) is 10.3. The van der Waals surface area contributed by atoms with Crippen LogP contribution in [0.2, 0.25) is 0 Å². The van der Waals surface area contributed by atoms with Crippen molar-refractivity contribution in [3.63, 3.8) is 0 Å². The van der Waals surface area contributed by atoms with Crippen LogP contribution in [0.4, 0.5) is 0 Å². The molecule has 18 heavy (non-hydrogen) atoms. The molecule has 2 aliphatic rings. The van der Waals surface area contributed by atoms with Crippen LogP contribution in [0.5, 0.6) is 0 Å². The fourth-order valence-corrected chi connectivity index (χ4v) is 5.96. The van der Waals surface area contributed by atoms with E-state index in [4.69, 9.17) is 0 Å². The van der Waals surface area contributed by atoms with E-state index in [1.165, 1.54) is 0 Å². The maximum atomic E-state index is 12.1. The number of sulfone groups is 1. The summed E-state index contributed by atoms with van der Waals surface area (Å²) >= 11 is 0. The fourth-order valence-electron chi connectivity index (χ4n) is 2.46. The molecule has 2 rings (SSSR count). The van der Waals surface area contributed by atoms with Crippen LogP contribution in [-0.2, 0) is 19.9 Å². The molecular weight excluding hydrogens is 276 g/mol. The third-order valence-corrected chi connectivity index (χ3v) is 7.29. The van der Waals surface area contributed by atoms with Gasteiger partial charge in [0.25, 0.3) is 0 Å². The molecule has 0 aromatic heterocycles. The highest BCUT2D eigenvalue weighted by Gasteiger charge is 2.34. The van der Waals surface area contributed by atoms with E-state index in [0.717, 1.165) is 19.4 Å². The van der Waals surface area contributed by atoms with E-state index in [2.05, 4.69) is 10.0 Å². The van der Waals surface area contributed by atoms with Gasteiger partial charge in [0, 0.05) is 12.6 Å². The Morgan fingerprint density at radius 3 is 2.33 bits per heavy atom. The van der Waals surface area contributed by atoms with Crippen LogP contribution in [0.25, 0.3) is 0 Å². The molecule has 0 amide bonds. The number of sulfonamides is 1. The highest BCUT2D eigenvalue weighted by Crippen LogP contribution is 2.19. The lowest BCUT2D eigenvalue weighted by molar-refractivity contribution is 0.425. The highest BCUT2D eigenvalue weighted by molar-refractivity contribution is 7.92. The van der Waals surface area contributed by atoms with E-state index in [9.17, 15) is 16.8 Å². The van der Waals surface area contributed by atoms with Crippen molar-refractivity contribution in [2.75, 3.05) is 24.6 Å². The molecule has 2 saturated heterocycles. The third-order valence-electron chi connectivity index (χ3n) is 3.57. The van der Waals surface area contributed by atoms with Crippen molar-refractivity contribution in [2.24, 2.45) is 0 Å². The van der Waals surface area contributed by atoms with E-state index in [1.54, 1.807) is 0 Å². The van der Waals surface area contributed by atoms with Gasteiger partial charge in [-0.25, -0.2) is 21.6 Å². The lowest BCUT2D eigenvalue weighted by Gasteiger charge is -2.28. The Balaban J connectivity index is 1.94. The maximum Gasteiger partial charge on any atom is 0.214 e. The van der Waals surface area contributed by atoms with E-state index in [1.807, 2.05) is 0 Å². The van der Waals surface area contributed by atoms with Crippen molar-refractivity contribution in [1.29, 1.82) is 0 Å². The predicted molar refractivity (Wildman–Crippen MR) is 69.6 cm³/mol. The molecule has 0 aromatic rings. The van der Waals surface area contributed by atoms with Crippen molar-refractivity contribution in [3.8, 4) is 0 Å². The zero-order chi connectivity index (χ0) is 13.2. The molecule has 0 aliphatic carbocycles. The number of hydrogen-bond acceptors (Lipinski definition) is 5. The summed E-state index contributed by atoms with van der Waals surface area (Å²) in [7, 11) is -6.40. The standard InChI is InChI=1S/C10H20N2O4S2/c13-17(14)6-3-10(4-7-17)18(15,16)12-9-2-1-5-11-8-9/h9-12H,1-8H2/t9-/m0/s1. The lowest BCUT2D eigenvalue weighted by atomic mass is 10.1. The Labute approximate surface area is 108 Å². The summed E-state index contributed by atoms with van der Waals surface area (Å²) < 4.78 is 49.5. The van der Waals surface area contributed by atoms with Gasteiger partial charge in [0.15, 0.2) is 0 Å². The van der Waals surface area contributed by atoms with Gasteiger partial charge < -0.3 is 5.32 Å². The molecule has 106 valence electrons. The van der Waals surface area contributed by atoms with Gasteiger partial charge in [0.05, 0.1) is 16.8 Å². The van der Waals surface area contributed by atoms with Gasteiger partial charge in [-0.3, -0.25) is 0 Å². The van der Waals surface area contributed by atoms with Crippen LogP contribution < -0.4 is 10.0 Å². The van der Waals surface area contributed by atoms with Crippen LogP contribution in [0.1, 0.15) is 25.7 Å². The van der Waals surface area contributed by atoms with Gasteiger partial charge in [-0.15, -0.1) is 0 Å². The molecule has 0 saturated carbocycles. The van der Waals surface area contributed by atoms with Crippen molar-refractivity contribution in [2.45, 2.75) is 37.0 Å². The molecule has 8 heteroatoms. The van der Waals surface area contributed by atoms with Crippen LogP contribution in [0.15, 0.2) is 0 Å². The second-order valence-electron chi connectivity index (χ2n) is 5.06. The average Bonchev–Trinajstić information content (AvgIpc) is 2.29. The third kappa shape index (κ3) is 3.66. The fraction of sp³-hybridized carbons (Fsp3) is 1.00. The van der Waals surface area contributed by atoms with Gasteiger partial charge in [-0.1, -0.05) is 0 Å². The molecular formula is C10H20N2O4S2. The first-order valence-electron chi connectivity index (χ1n) is 6.31. The van der Waals surface area contributed by atoms with Gasteiger partial charge in [-0.2, -0.15) is 0 Å². The first kappa shape index (κ1) is 14.2. The number of rotatable bonds is 3. The van der Waals surface area contributed by atoms with Crippen LogP contribution in [0.3, 0.4) is 0 Å². The van der Waals surface area contributed by atoms with Gasteiger partial charge in [0.2, 0.25) is 10.0 Å². The first-order valence-corrected chi connectivity index (χ1v) is 9.68. The first-order chi connectivity index (χ1) is 8.39. The minimum Gasteiger partial charge on any atom is -0.315 e. The average molecular weight is 296 g/mol. The van der Waals surface area contributed by atoms with Crippen molar-refractivity contribution in [3.05, 3.63) is 0 Å². The normalized spacial score (nSPS) is 30.1. The molecule has 0 radical (unpaired) electrons. The maximum absolute atomic E-state index is 12.1. The molecule has 0 aromatic carbocycles. The SMILES string of the molecule is O=S1(=O)CCC(S(=O)(=O)N[C@H]2CCCNC2)CC1. The van der Waals surface area contributed by atoms with Gasteiger partial charge in [0.1, 0.15) is 9.84 Å². The summed E-state index contributed by atoms with van der Waals surface area (Å²) in [6, 6.07) is -0.0534. The van der Waals surface area contributed by atoms with Gasteiger partial charge in [-0.05, 0) is 32.2 Å². The molecule has 0 unspecified atom stereocenters. The summed E-state index contributed by atoms with van der Waals surface area (Å²) in [6.07, 6.45) is 2.25. The van der Waals surface area contributed by atoms with Crippen molar-refractivity contribution >= 4 is 19.9 Å². The predicted octanol–water partition coefficient (Wildman–Crippen LogP) is -0.765. The van der Waals surface area contributed by atoms with Crippen molar-refractivity contribution in [1.82, 2.24) is 10.0 Å². The lowest BCUT2D eigenvalue weighted by Crippen LogP contribution is -2.49. The summed E-state index contributed by atoms with van der Waals surface area (Å²) in [4.78, 5) is 0. The largest absolute Gasteiger partial charge is 0.315 e. The molecule has 2 heterocycles. The minimum atomic E-state index is -3.39. The Bertz CT molecular complexity index is 466. The highest BCUT2D eigenvalue weighted by atomic mass is 32.2. The minimum absolute atomic E-state index is 0.0124. The molecule has 0 bridgehead atoms. The van der Waals surface area contributed by atoms with E-state index >= 15 is 0 Å². The van der Waals surface area contributed by atoms with E-state index < -0.39 is 25.1 Å². The second kappa shape index (κ2) is 5.44. The Kier molecular flexibility index (Phi) is 4.30. The zero-order valence-corrected chi connectivity index (χ0v) is 11.9. The van der Waals surface area contributed by atoms with Crippen molar-refractivity contribution < 1.29 is 16.8 Å². The topological polar surface area (TPSA) is 92.3 Å². The Morgan fingerprint density at radius 2 is 1.78 bits per heavy atom. The Hall–Kier alpha value is -0.180. The Morgan fingerprint density at radius 1 is 1.11 bits per heavy atom. The number of nitrogens with one attached hydrogen (secondary N) is 2. The summed E-state index contributed by atoms with van der Waals surface area (Å²) in [6.45, 7) is 1.59. The molecule has 6 nitrogen and oxygen atoms in total. The summed E-state index contributed by atoms with van der Waals surface area (Å²) in [5.41, 5.74) is 0. The number of hydrogen-bond donors (Lipinski definition) is 2. The van der Waals surface area contributed by atoms with Crippen LogP contribution in [0, 0.1) is 0 Å². The molecule has 0 spiro atoms. The number of piperidine rings is 1. The summed E-state index contributed by atoms with van der Waals surface area (Å²) in [5.74, 6) is -0.0248. The molecule has 2 N–H and O–H groups in total. The van der Waals surface area contributed by atoms with Crippen LogP contribution >= 0.6 is 0 Å². The second-order valence-corrected chi connectivity index (χ2v) is 9.35.